The summed E-state index contributed by atoms with van der Waals surface area (Å²) in [5, 5.41) is 3.10. The van der Waals surface area contributed by atoms with E-state index < -0.39 is 0 Å². The topological polar surface area (TPSA) is 47.0 Å². The van der Waals surface area contributed by atoms with E-state index in [0.29, 0.717) is 17.7 Å². The molecule has 0 fully saturated rings. The normalized spacial score (nSPS) is 10.8. The Morgan fingerprint density at radius 3 is 2.76 bits per heavy atom. The average molecular weight is 350 g/mol. The van der Waals surface area contributed by atoms with E-state index in [0.717, 1.165) is 27.9 Å². The molecule has 0 saturated heterocycles. The molecule has 1 heterocycles. The van der Waals surface area contributed by atoms with Gasteiger partial charge in [0.25, 0.3) is 0 Å². The molecule has 112 valence electrons. The Labute approximate surface area is 134 Å². The lowest BCUT2D eigenvalue weighted by molar-refractivity contribution is 0.450. The third-order valence-corrected chi connectivity index (χ3v) is 3.55. The van der Waals surface area contributed by atoms with Gasteiger partial charge in [-0.3, -0.25) is 0 Å². The van der Waals surface area contributed by atoms with Crippen LogP contribution in [0, 0.1) is 6.92 Å². The van der Waals surface area contributed by atoms with Crippen LogP contribution in [0.15, 0.2) is 28.9 Å². The molecule has 0 amide bonds. The highest BCUT2D eigenvalue weighted by Gasteiger charge is 2.12. The van der Waals surface area contributed by atoms with Crippen molar-refractivity contribution in [2.75, 3.05) is 11.9 Å². The molecule has 0 atom stereocenters. The Bertz CT molecular complexity index is 629. The van der Waals surface area contributed by atoms with Crippen molar-refractivity contribution in [3.63, 3.8) is 0 Å². The molecule has 0 radical (unpaired) electrons. The molecule has 1 aromatic heterocycles. The smallest absolute Gasteiger partial charge is 0.226 e. The molecule has 0 spiro atoms. The molecule has 2 rings (SSSR count). The molecule has 0 bridgehead atoms. The number of hydrogen-bond donors (Lipinski definition) is 1. The van der Waals surface area contributed by atoms with Crippen molar-refractivity contribution < 1.29 is 4.74 Å². The first-order valence-electron chi connectivity index (χ1n) is 7.06. The van der Waals surface area contributed by atoms with E-state index in [2.05, 4.69) is 51.1 Å². The molecule has 1 aromatic carbocycles. The molecule has 0 aliphatic carbocycles. The lowest BCUT2D eigenvalue weighted by Crippen LogP contribution is -2.04. The second kappa shape index (κ2) is 6.89. The van der Waals surface area contributed by atoms with Crippen LogP contribution in [0.25, 0.3) is 0 Å². The Morgan fingerprint density at radius 2 is 2.10 bits per heavy atom. The number of ether oxygens (including phenoxy) is 1. The van der Waals surface area contributed by atoms with Gasteiger partial charge in [0.2, 0.25) is 11.8 Å². The standard InChI is InChI=1S/C16H20BrN3O/c1-5-18-16-19-9-11(4)15(20-16)21-14-7-6-12(17)8-13(14)10(2)3/h6-10H,5H2,1-4H3,(H,18,19,20). The second-order valence-corrected chi connectivity index (χ2v) is 6.07. The van der Waals surface area contributed by atoms with E-state index in [1.165, 1.54) is 0 Å². The fraction of sp³-hybridized carbons (Fsp3) is 0.375. The molecule has 5 heteroatoms. The highest BCUT2D eigenvalue weighted by atomic mass is 79.9. The Kier molecular flexibility index (Phi) is 5.17. The predicted molar refractivity (Wildman–Crippen MR) is 89.2 cm³/mol. The van der Waals surface area contributed by atoms with E-state index in [-0.39, 0.29) is 0 Å². The van der Waals surface area contributed by atoms with Gasteiger partial charge in [0.15, 0.2) is 0 Å². The van der Waals surface area contributed by atoms with Crippen LogP contribution in [0.4, 0.5) is 5.95 Å². The van der Waals surface area contributed by atoms with Crippen LogP contribution in [-0.4, -0.2) is 16.5 Å². The fourth-order valence-corrected chi connectivity index (χ4v) is 2.32. The summed E-state index contributed by atoms with van der Waals surface area (Å²) in [4.78, 5) is 8.66. The van der Waals surface area contributed by atoms with Crippen molar-refractivity contribution in [3.8, 4) is 11.6 Å². The second-order valence-electron chi connectivity index (χ2n) is 5.15. The number of halogens is 1. The molecule has 1 N–H and O–H groups in total. The maximum atomic E-state index is 6.03. The van der Waals surface area contributed by atoms with Gasteiger partial charge >= 0.3 is 0 Å². The molecule has 2 aromatic rings. The lowest BCUT2D eigenvalue weighted by atomic mass is 10.0. The number of benzene rings is 1. The van der Waals surface area contributed by atoms with E-state index in [1.807, 2.05) is 26.0 Å². The molecule has 4 nitrogen and oxygen atoms in total. The van der Waals surface area contributed by atoms with Gasteiger partial charge in [0.1, 0.15) is 5.75 Å². The minimum absolute atomic E-state index is 0.368. The number of aryl methyl sites for hydroxylation is 1. The molecule has 0 unspecified atom stereocenters. The zero-order valence-corrected chi connectivity index (χ0v) is 14.4. The van der Waals surface area contributed by atoms with Crippen molar-refractivity contribution in [3.05, 3.63) is 40.0 Å². The van der Waals surface area contributed by atoms with Crippen LogP contribution in [0.5, 0.6) is 11.6 Å². The summed E-state index contributed by atoms with van der Waals surface area (Å²) in [5.41, 5.74) is 2.06. The average Bonchev–Trinajstić information content (AvgIpc) is 2.44. The largest absolute Gasteiger partial charge is 0.438 e. The highest BCUT2D eigenvalue weighted by Crippen LogP contribution is 2.33. The summed E-state index contributed by atoms with van der Waals surface area (Å²) < 4.78 is 7.08. The van der Waals surface area contributed by atoms with Crippen molar-refractivity contribution in [2.45, 2.75) is 33.6 Å². The van der Waals surface area contributed by atoms with Crippen molar-refractivity contribution in [1.82, 2.24) is 9.97 Å². The minimum atomic E-state index is 0.368. The monoisotopic (exact) mass is 349 g/mol. The number of anilines is 1. The van der Waals surface area contributed by atoms with Crippen molar-refractivity contribution in [2.24, 2.45) is 0 Å². The SMILES string of the molecule is CCNc1ncc(C)c(Oc2ccc(Br)cc2C(C)C)n1. The molecule has 0 saturated carbocycles. The Balaban J connectivity index is 2.35. The third kappa shape index (κ3) is 3.94. The summed E-state index contributed by atoms with van der Waals surface area (Å²) >= 11 is 3.51. The molecular weight excluding hydrogens is 330 g/mol. The summed E-state index contributed by atoms with van der Waals surface area (Å²) in [5.74, 6) is 2.37. The van der Waals surface area contributed by atoms with Crippen molar-refractivity contribution >= 4 is 21.9 Å². The first kappa shape index (κ1) is 15.8. The van der Waals surface area contributed by atoms with Crippen LogP contribution < -0.4 is 10.1 Å². The van der Waals surface area contributed by atoms with Crippen LogP contribution in [0.2, 0.25) is 0 Å². The van der Waals surface area contributed by atoms with Crippen molar-refractivity contribution in [1.29, 1.82) is 0 Å². The third-order valence-electron chi connectivity index (χ3n) is 3.06. The van der Waals surface area contributed by atoms with Gasteiger partial charge in [-0.2, -0.15) is 4.98 Å². The molecular formula is C16H20BrN3O. The molecule has 21 heavy (non-hydrogen) atoms. The minimum Gasteiger partial charge on any atom is -0.438 e. The summed E-state index contributed by atoms with van der Waals surface area (Å²) in [6, 6.07) is 6.03. The number of hydrogen-bond acceptors (Lipinski definition) is 4. The summed E-state index contributed by atoms with van der Waals surface area (Å²) in [7, 11) is 0. The van der Waals surface area contributed by atoms with Gasteiger partial charge in [-0.15, -0.1) is 0 Å². The summed E-state index contributed by atoms with van der Waals surface area (Å²) in [6.07, 6.45) is 1.77. The fourth-order valence-electron chi connectivity index (χ4n) is 1.94. The first-order chi connectivity index (χ1) is 10.0. The zero-order valence-electron chi connectivity index (χ0n) is 12.8. The van der Waals surface area contributed by atoms with Gasteiger partial charge in [-0.05, 0) is 43.5 Å². The predicted octanol–water partition coefficient (Wildman–Crippen LogP) is 4.90. The Morgan fingerprint density at radius 1 is 1.33 bits per heavy atom. The molecule has 0 aliphatic heterocycles. The van der Waals surface area contributed by atoms with Crippen LogP contribution >= 0.6 is 15.9 Å². The van der Waals surface area contributed by atoms with Crippen LogP contribution in [0.3, 0.4) is 0 Å². The van der Waals surface area contributed by atoms with Gasteiger partial charge in [-0.25, -0.2) is 4.98 Å². The molecule has 0 aliphatic rings. The lowest BCUT2D eigenvalue weighted by Gasteiger charge is -2.15. The number of nitrogens with zero attached hydrogens (tertiary/aromatic N) is 2. The van der Waals surface area contributed by atoms with Gasteiger partial charge < -0.3 is 10.1 Å². The van der Waals surface area contributed by atoms with Gasteiger partial charge in [0.05, 0.1) is 0 Å². The van der Waals surface area contributed by atoms with E-state index >= 15 is 0 Å². The maximum Gasteiger partial charge on any atom is 0.226 e. The van der Waals surface area contributed by atoms with E-state index in [1.54, 1.807) is 6.20 Å². The highest BCUT2D eigenvalue weighted by molar-refractivity contribution is 9.10. The quantitative estimate of drug-likeness (QED) is 0.834. The number of nitrogens with one attached hydrogen (secondary N) is 1. The Hall–Kier alpha value is -1.62. The summed E-state index contributed by atoms with van der Waals surface area (Å²) in [6.45, 7) is 9.02. The maximum absolute atomic E-state index is 6.03. The zero-order chi connectivity index (χ0) is 15.4. The van der Waals surface area contributed by atoms with Gasteiger partial charge in [-0.1, -0.05) is 29.8 Å². The number of rotatable bonds is 5. The van der Waals surface area contributed by atoms with Crippen LogP contribution in [-0.2, 0) is 0 Å². The first-order valence-corrected chi connectivity index (χ1v) is 7.85. The van der Waals surface area contributed by atoms with E-state index in [9.17, 15) is 0 Å². The van der Waals surface area contributed by atoms with Crippen LogP contribution in [0.1, 0.15) is 37.8 Å². The van der Waals surface area contributed by atoms with E-state index in [4.69, 9.17) is 4.74 Å². The number of aromatic nitrogens is 2. The van der Waals surface area contributed by atoms with Gasteiger partial charge in [0, 0.05) is 22.8 Å².